The molecule has 0 aromatic carbocycles. The number of rotatable bonds is 8. The highest BCUT2D eigenvalue weighted by molar-refractivity contribution is 6.92. The highest BCUT2D eigenvalue weighted by atomic mass is 28.4. The Bertz CT molecular complexity index is 514. The standard InChI is InChI=1S/C14H22O7Si2/c1-9(12(15)16)6-23(21-22(4)5,7-10(2)13(17)18)8-11(3)14(19)20/h6-8,22H,1-5H3,(H,15,16)(H,17,18)(H,19,20). The summed E-state index contributed by atoms with van der Waals surface area (Å²) in [6.45, 7) is 7.79. The number of carboxylic acid groups (broad SMARTS) is 3. The second kappa shape index (κ2) is 8.60. The molecule has 0 saturated carbocycles. The molecule has 0 saturated heterocycles. The SMILES string of the molecule is CC(=C[Si](C=C(C)C(=O)O)(C=C(C)C(=O)O)O[SiH](C)C)C(=O)O. The third-order valence-corrected chi connectivity index (χ3v) is 8.95. The second-order valence-corrected chi connectivity index (χ2v) is 11.0. The van der Waals surface area contributed by atoms with Gasteiger partial charge in [-0.3, -0.25) is 0 Å². The highest BCUT2D eigenvalue weighted by Crippen LogP contribution is 2.20. The van der Waals surface area contributed by atoms with Crippen LogP contribution in [-0.4, -0.2) is 50.6 Å². The van der Waals surface area contributed by atoms with Crippen LogP contribution in [0.3, 0.4) is 0 Å². The third-order valence-electron chi connectivity index (χ3n) is 2.78. The first-order valence-electron chi connectivity index (χ1n) is 6.86. The molecule has 0 aliphatic rings. The van der Waals surface area contributed by atoms with Gasteiger partial charge in [-0.15, -0.1) is 0 Å². The van der Waals surface area contributed by atoms with Gasteiger partial charge >= 0.3 is 17.9 Å². The van der Waals surface area contributed by atoms with Crippen LogP contribution in [-0.2, 0) is 18.5 Å². The van der Waals surface area contributed by atoms with Crippen molar-refractivity contribution in [1.29, 1.82) is 0 Å². The van der Waals surface area contributed by atoms with Crippen LogP contribution in [0.25, 0.3) is 0 Å². The highest BCUT2D eigenvalue weighted by Gasteiger charge is 2.32. The Labute approximate surface area is 137 Å². The van der Waals surface area contributed by atoms with Crippen molar-refractivity contribution in [3.05, 3.63) is 33.8 Å². The van der Waals surface area contributed by atoms with Crippen LogP contribution in [0.1, 0.15) is 20.8 Å². The maximum atomic E-state index is 11.1. The molecule has 0 aromatic heterocycles. The first kappa shape index (κ1) is 21.0. The number of carboxylic acids is 3. The Morgan fingerprint density at radius 3 is 1.22 bits per heavy atom. The predicted molar refractivity (Wildman–Crippen MR) is 89.9 cm³/mol. The van der Waals surface area contributed by atoms with E-state index in [4.69, 9.17) is 19.4 Å². The lowest BCUT2D eigenvalue weighted by molar-refractivity contribution is -0.133. The van der Waals surface area contributed by atoms with Crippen molar-refractivity contribution in [2.75, 3.05) is 0 Å². The predicted octanol–water partition coefficient (Wildman–Crippen LogP) is 1.64. The molecule has 128 valence electrons. The monoisotopic (exact) mass is 358 g/mol. The van der Waals surface area contributed by atoms with Crippen molar-refractivity contribution < 1.29 is 33.8 Å². The van der Waals surface area contributed by atoms with Gasteiger partial charge in [-0.2, -0.15) is 0 Å². The van der Waals surface area contributed by atoms with E-state index >= 15 is 0 Å². The van der Waals surface area contributed by atoms with Gasteiger partial charge in [0.15, 0.2) is 9.04 Å². The van der Waals surface area contributed by atoms with Crippen molar-refractivity contribution in [3.8, 4) is 0 Å². The molecular weight excluding hydrogens is 336 g/mol. The van der Waals surface area contributed by atoms with Gasteiger partial charge in [-0.1, -0.05) is 17.1 Å². The minimum atomic E-state index is -3.30. The van der Waals surface area contributed by atoms with Gasteiger partial charge < -0.3 is 19.4 Å². The molecule has 0 aliphatic heterocycles. The first-order valence-corrected chi connectivity index (χ1v) is 11.8. The second-order valence-electron chi connectivity index (χ2n) is 5.42. The molecule has 0 unspecified atom stereocenters. The summed E-state index contributed by atoms with van der Waals surface area (Å²) in [5.74, 6) is -3.50. The largest absolute Gasteiger partial charge is 0.478 e. The summed E-state index contributed by atoms with van der Waals surface area (Å²) in [6, 6.07) is 0. The molecule has 23 heavy (non-hydrogen) atoms. The molecule has 0 rings (SSSR count). The van der Waals surface area contributed by atoms with Gasteiger partial charge in [0.25, 0.3) is 8.32 Å². The third kappa shape index (κ3) is 7.22. The quantitative estimate of drug-likeness (QED) is 0.445. The smallest absolute Gasteiger partial charge is 0.330 e. The van der Waals surface area contributed by atoms with E-state index in [2.05, 4.69) is 0 Å². The molecule has 0 atom stereocenters. The molecule has 3 N–H and O–H groups in total. The molecular formula is C14H22O7Si2. The number of hydrogen-bond donors (Lipinski definition) is 3. The summed E-state index contributed by atoms with van der Waals surface area (Å²) in [7, 11) is -5.02. The van der Waals surface area contributed by atoms with Gasteiger partial charge in [0.2, 0.25) is 0 Å². The fraction of sp³-hybridized carbons (Fsp3) is 0.357. The summed E-state index contributed by atoms with van der Waals surface area (Å²) < 4.78 is 5.96. The van der Waals surface area contributed by atoms with Gasteiger partial charge in [-0.05, 0) is 33.9 Å². The van der Waals surface area contributed by atoms with E-state index in [1.807, 2.05) is 13.1 Å². The van der Waals surface area contributed by atoms with Crippen LogP contribution in [0.15, 0.2) is 33.8 Å². The molecule has 7 nitrogen and oxygen atoms in total. The van der Waals surface area contributed by atoms with Crippen molar-refractivity contribution in [2.24, 2.45) is 0 Å². The normalized spacial score (nSPS) is 16.2. The Hall–Kier alpha value is -1.98. The van der Waals surface area contributed by atoms with E-state index in [0.717, 1.165) is 0 Å². The van der Waals surface area contributed by atoms with Crippen molar-refractivity contribution in [2.45, 2.75) is 33.9 Å². The van der Waals surface area contributed by atoms with E-state index in [1.54, 1.807) is 0 Å². The lowest BCUT2D eigenvalue weighted by Gasteiger charge is -2.26. The number of hydrogen-bond acceptors (Lipinski definition) is 4. The average molecular weight is 358 g/mol. The summed E-state index contributed by atoms with van der Waals surface area (Å²) in [5, 5.41) is 27.3. The average Bonchev–Trinajstić information content (AvgIpc) is 2.36. The Morgan fingerprint density at radius 1 is 0.783 bits per heavy atom. The number of aliphatic carboxylic acids is 3. The molecule has 0 bridgehead atoms. The Morgan fingerprint density at radius 2 is 1.04 bits per heavy atom. The van der Waals surface area contributed by atoms with Gasteiger partial charge in [0.05, 0.1) is 0 Å². The molecule has 0 heterocycles. The molecule has 9 heteroatoms. The zero-order chi connectivity index (χ0) is 18.4. The molecule has 0 spiro atoms. The van der Waals surface area contributed by atoms with Gasteiger partial charge in [0.1, 0.15) is 0 Å². The fourth-order valence-electron chi connectivity index (χ4n) is 1.84. The summed E-state index contributed by atoms with van der Waals surface area (Å²) in [4.78, 5) is 33.4. The Balaban J connectivity index is 6.46. The van der Waals surface area contributed by atoms with Crippen LogP contribution < -0.4 is 0 Å². The lowest BCUT2D eigenvalue weighted by atomic mass is 10.4. The fourth-order valence-corrected chi connectivity index (χ4v) is 8.57. The van der Waals surface area contributed by atoms with Crippen LogP contribution in [0, 0.1) is 0 Å². The minimum absolute atomic E-state index is 0.0183. The maximum Gasteiger partial charge on any atom is 0.330 e. The van der Waals surface area contributed by atoms with Crippen LogP contribution in [0.4, 0.5) is 0 Å². The van der Waals surface area contributed by atoms with Gasteiger partial charge in [-0.25, -0.2) is 14.4 Å². The Kier molecular flexibility index (Phi) is 7.86. The van der Waals surface area contributed by atoms with Crippen LogP contribution >= 0.6 is 0 Å². The van der Waals surface area contributed by atoms with E-state index in [0.29, 0.717) is 0 Å². The van der Waals surface area contributed by atoms with E-state index in [1.165, 1.54) is 37.9 Å². The van der Waals surface area contributed by atoms with Crippen molar-refractivity contribution in [1.82, 2.24) is 0 Å². The van der Waals surface area contributed by atoms with E-state index in [-0.39, 0.29) is 16.7 Å². The van der Waals surface area contributed by atoms with Crippen molar-refractivity contribution in [3.63, 3.8) is 0 Å². The maximum absolute atomic E-state index is 11.1. The molecule has 0 amide bonds. The topological polar surface area (TPSA) is 121 Å². The van der Waals surface area contributed by atoms with E-state index in [9.17, 15) is 14.4 Å². The summed E-state index contributed by atoms with van der Waals surface area (Å²) in [6.07, 6.45) is 0. The van der Waals surface area contributed by atoms with Crippen LogP contribution in [0.5, 0.6) is 0 Å². The zero-order valence-corrected chi connectivity index (χ0v) is 15.9. The minimum Gasteiger partial charge on any atom is -0.478 e. The zero-order valence-electron chi connectivity index (χ0n) is 13.8. The van der Waals surface area contributed by atoms with Crippen LogP contribution in [0.2, 0.25) is 13.1 Å². The first-order chi connectivity index (χ1) is 10.4. The molecule has 0 aromatic rings. The molecule has 0 fully saturated rings. The molecule has 0 aliphatic carbocycles. The van der Waals surface area contributed by atoms with E-state index < -0.39 is 35.3 Å². The summed E-state index contributed by atoms with van der Waals surface area (Å²) in [5.41, 5.74) is 4.03. The molecule has 0 radical (unpaired) electrons. The van der Waals surface area contributed by atoms with Crippen molar-refractivity contribution >= 4 is 35.3 Å². The number of carbonyl (C=O) groups is 3. The lowest BCUT2D eigenvalue weighted by Crippen LogP contribution is -2.39. The van der Waals surface area contributed by atoms with Gasteiger partial charge in [0, 0.05) is 16.7 Å². The summed E-state index contributed by atoms with van der Waals surface area (Å²) >= 11 is 0.